The van der Waals surface area contributed by atoms with Crippen molar-refractivity contribution in [3.63, 3.8) is 0 Å². The first-order valence-electron chi connectivity index (χ1n) is 12.8. The lowest BCUT2D eigenvalue weighted by molar-refractivity contribution is -0.176. The normalized spacial score (nSPS) is 11.6. The van der Waals surface area contributed by atoms with Crippen molar-refractivity contribution >= 4 is 24.0 Å². The average Bonchev–Trinajstić information content (AvgIpc) is 3.74. The quantitative estimate of drug-likeness (QED) is 0.224. The molecule has 0 fully saturated rings. The van der Waals surface area contributed by atoms with Crippen molar-refractivity contribution in [2.24, 2.45) is 0 Å². The molecule has 3 aromatic rings. The summed E-state index contributed by atoms with van der Waals surface area (Å²) in [5.74, 6) is -2.09. The van der Waals surface area contributed by atoms with Crippen LogP contribution >= 0.6 is 0 Å². The van der Waals surface area contributed by atoms with Crippen molar-refractivity contribution < 1.29 is 32.3 Å². The number of amides is 4. The van der Waals surface area contributed by atoms with Gasteiger partial charge in [0.05, 0.1) is 0 Å². The van der Waals surface area contributed by atoms with Gasteiger partial charge in [0, 0.05) is 62.4 Å². The lowest BCUT2D eigenvalue weighted by atomic mass is 9.83. The molecule has 4 N–H and O–H groups in total. The SMILES string of the molecule is O=C(NCCCC(CCCNC(=O)n1ccnc1)(CCCNC(=O)n1ccnc1)NC(=O)C(F)(F)F)n1ccnc1. The predicted octanol–water partition coefficient (Wildman–Crippen LogP) is 2.11. The molecule has 4 amide bonds. The lowest BCUT2D eigenvalue weighted by Crippen LogP contribution is -2.53. The van der Waals surface area contributed by atoms with Crippen LogP contribution in [0.2, 0.25) is 0 Å². The minimum Gasteiger partial charge on any atom is -0.343 e. The maximum absolute atomic E-state index is 13.3. The Morgan fingerprint density at radius 3 is 1.22 bits per heavy atom. The second-order valence-corrected chi connectivity index (χ2v) is 9.15. The summed E-state index contributed by atoms with van der Waals surface area (Å²) in [5.41, 5.74) is -1.34. The van der Waals surface area contributed by atoms with Gasteiger partial charge < -0.3 is 21.3 Å². The zero-order valence-electron chi connectivity index (χ0n) is 22.0. The van der Waals surface area contributed by atoms with Crippen molar-refractivity contribution in [3.05, 3.63) is 56.2 Å². The molecule has 0 aliphatic heterocycles. The molecule has 14 nitrogen and oxygen atoms in total. The number of alkyl halides is 3. The number of carbonyl (C=O) groups excluding carboxylic acids is 4. The number of hydrogen-bond acceptors (Lipinski definition) is 7. The Morgan fingerprint density at radius 1 is 0.610 bits per heavy atom. The average molecular weight is 581 g/mol. The van der Waals surface area contributed by atoms with Crippen molar-refractivity contribution in [2.45, 2.75) is 50.2 Å². The number of imidazole rings is 3. The van der Waals surface area contributed by atoms with Crippen molar-refractivity contribution in [3.8, 4) is 0 Å². The Balaban J connectivity index is 1.65. The highest BCUT2D eigenvalue weighted by molar-refractivity contribution is 5.82. The van der Waals surface area contributed by atoms with Crippen LogP contribution in [0.4, 0.5) is 27.6 Å². The van der Waals surface area contributed by atoms with E-state index >= 15 is 0 Å². The van der Waals surface area contributed by atoms with E-state index in [4.69, 9.17) is 0 Å². The zero-order valence-corrected chi connectivity index (χ0v) is 22.0. The molecular weight excluding hydrogens is 549 g/mol. The van der Waals surface area contributed by atoms with E-state index in [1.165, 1.54) is 69.9 Å². The van der Waals surface area contributed by atoms with E-state index in [9.17, 15) is 32.3 Å². The molecule has 0 saturated heterocycles. The molecule has 3 aromatic heterocycles. The third kappa shape index (κ3) is 9.77. The molecule has 0 bridgehead atoms. The van der Waals surface area contributed by atoms with E-state index in [2.05, 4.69) is 36.2 Å². The fourth-order valence-corrected chi connectivity index (χ4v) is 4.15. The Morgan fingerprint density at radius 2 is 0.951 bits per heavy atom. The van der Waals surface area contributed by atoms with E-state index in [1.807, 2.05) is 0 Å². The van der Waals surface area contributed by atoms with Crippen LogP contribution in [-0.4, -0.2) is 84.0 Å². The van der Waals surface area contributed by atoms with E-state index in [0.29, 0.717) is 0 Å². The molecule has 0 aliphatic carbocycles. The highest BCUT2D eigenvalue weighted by Gasteiger charge is 2.43. The first-order valence-corrected chi connectivity index (χ1v) is 12.8. The van der Waals surface area contributed by atoms with Gasteiger partial charge in [-0.25, -0.2) is 29.3 Å². The standard InChI is InChI=1S/C24H31F3N10O4/c25-24(26,27)19(38)34-23(4-1-7-31-20(39)35-13-10-28-16-35,5-2-8-32-21(40)36-14-11-29-17-36)6-3-9-33-22(41)37-15-12-30-18-37/h10-18H,1-9H2,(H,31,39)(H,32,40)(H,33,41)(H,34,38). The maximum atomic E-state index is 13.3. The van der Waals surface area contributed by atoms with Gasteiger partial charge in [-0.3, -0.25) is 18.5 Å². The maximum Gasteiger partial charge on any atom is 0.471 e. The molecule has 222 valence electrons. The van der Waals surface area contributed by atoms with Gasteiger partial charge in [-0.1, -0.05) is 0 Å². The summed E-state index contributed by atoms with van der Waals surface area (Å²) in [4.78, 5) is 60.0. The van der Waals surface area contributed by atoms with Crippen LogP contribution in [0, 0.1) is 0 Å². The summed E-state index contributed by atoms with van der Waals surface area (Å²) in [6.45, 7) is 0.361. The van der Waals surface area contributed by atoms with Crippen molar-refractivity contribution in [2.75, 3.05) is 19.6 Å². The molecule has 0 aromatic carbocycles. The second-order valence-electron chi connectivity index (χ2n) is 9.15. The Kier molecular flexibility index (Phi) is 11.0. The van der Waals surface area contributed by atoms with Crippen molar-refractivity contribution in [1.29, 1.82) is 0 Å². The summed E-state index contributed by atoms with van der Waals surface area (Å²) in [6.07, 6.45) is 8.38. The molecular formula is C24H31F3N10O4. The summed E-state index contributed by atoms with van der Waals surface area (Å²) in [5, 5.41) is 10.1. The van der Waals surface area contributed by atoms with Gasteiger partial charge in [-0.05, 0) is 38.5 Å². The molecule has 0 radical (unpaired) electrons. The fourth-order valence-electron chi connectivity index (χ4n) is 4.15. The first-order chi connectivity index (χ1) is 19.6. The lowest BCUT2D eigenvalue weighted by Gasteiger charge is -2.36. The first kappa shape index (κ1) is 30.8. The van der Waals surface area contributed by atoms with Crippen LogP contribution in [0.25, 0.3) is 0 Å². The van der Waals surface area contributed by atoms with Gasteiger partial charge in [0.25, 0.3) is 0 Å². The molecule has 3 heterocycles. The predicted molar refractivity (Wildman–Crippen MR) is 138 cm³/mol. The van der Waals surface area contributed by atoms with E-state index < -0.39 is 35.7 Å². The molecule has 3 rings (SSSR count). The monoisotopic (exact) mass is 580 g/mol. The third-order valence-electron chi connectivity index (χ3n) is 6.18. The zero-order chi connectivity index (χ0) is 29.7. The van der Waals surface area contributed by atoms with Gasteiger partial charge in [0.2, 0.25) is 0 Å². The number of halogens is 3. The Bertz CT molecular complexity index is 1110. The van der Waals surface area contributed by atoms with Gasteiger partial charge in [-0.2, -0.15) is 13.2 Å². The van der Waals surface area contributed by atoms with Crippen LogP contribution in [0.5, 0.6) is 0 Å². The molecule has 0 saturated carbocycles. The molecule has 41 heavy (non-hydrogen) atoms. The molecule has 0 aliphatic rings. The molecule has 0 atom stereocenters. The van der Waals surface area contributed by atoms with E-state index in [0.717, 1.165) is 0 Å². The number of aromatic nitrogens is 6. The van der Waals surface area contributed by atoms with Gasteiger partial charge in [0.15, 0.2) is 0 Å². The molecule has 0 unspecified atom stereocenters. The second kappa shape index (κ2) is 14.6. The van der Waals surface area contributed by atoms with Gasteiger partial charge >= 0.3 is 30.2 Å². The number of carbonyl (C=O) groups is 4. The van der Waals surface area contributed by atoms with Crippen LogP contribution in [0.15, 0.2) is 56.2 Å². The highest BCUT2D eigenvalue weighted by atomic mass is 19.4. The van der Waals surface area contributed by atoms with E-state index in [-0.39, 0.29) is 58.2 Å². The molecule has 17 heteroatoms. The minimum atomic E-state index is -5.12. The summed E-state index contributed by atoms with van der Waals surface area (Å²) < 4.78 is 43.6. The largest absolute Gasteiger partial charge is 0.471 e. The number of rotatable bonds is 13. The summed E-state index contributed by atoms with van der Waals surface area (Å²) in [7, 11) is 0. The third-order valence-corrected chi connectivity index (χ3v) is 6.18. The van der Waals surface area contributed by atoms with Crippen LogP contribution < -0.4 is 21.3 Å². The van der Waals surface area contributed by atoms with E-state index in [1.54, 1.807) is 0 Å². The topological polar surface area (TPSA) is 170 Å². The van der Waals surface area contributed by atoms with Gasteiger partial charge in [0.1, 0.15) is 19.0 Å². The number of hydrogen-bond donors (Lipinski definition) is 4. The Labute approximate surface area is 232 Å². The summed E-state index contributed by atoms with van der Waals surface area (Å²) in [6, 6.07) is -1.38. The minimum absolute atomic E-state index is 0.0873. The Hall–Kier alpha value is -4.70. The van der Waals surface area contributed by atoms with Crippen molar-refractivity contribution in [1.82, 2.24) is 49.9 Å². The van der Waals surface area contributed by atoms with Crippen LogP contribution in [0.3, 0.4) is 0 Å². The molecule has 0 spiro atoms. The highest BCUT2D eigenvalue weighted by Crippen LogP contribution is 2.28. The fraction of sp³-hybridized carbons (Fsp3) is 0.458. The number of nitrogens with zero attached hydrogens (tertiary/aromatic N) is 6. The van der Waals surface area contributed by atoms with Crippen LogP contribution in [-0.2, 0) is 4.79 Å². The number of nitrogens with one attached hydrogen (secondary N) is 4. The smallest absolute Gasteiger partial charge is 0.343 e. The summed E-state index contributed by atoms with van der Waals surface area (Å²) >= 11 is 0. The van der Waals surface area contributed by atoms with Crippen LogP contribution in [0.1, 0.15) is 38.5 Å². The van der Waals surface area contributed by atoms with Gasteiger partial charge in [-0.15, -0.1) is 0 Å².